The van der Waals surface area contributed by atoms with E-state index >= 15 is 0 Å². The fraction of sp³-hybridized carbons (Fsp3) is 0.100. The first-order valence-electron chi connectivity index (χ1n) is 7.55. The second kappa shape index (κ2) is 6.77. The lowest BCUT2D eigenvalue weighted by molar-refractivity contribution is 1.29. The molecule has 0 unspecified atom stereocenters. The van der Waals surface area contributed by atoms with E-state index in [-0.39, 0.29) is 5.82 Å². The highest BCUT2D eigenvalue weighted by Gasteiger charge is 2.14. The number of nitriles is 1. The molecule has 0 aliphatic carbocycles. The van der Waals surface area contributed by atoms with Gasteiger partial charge in [-0.15, -0.1) is 11.8 Å². The number of benzene rings is 2. The van der Waals surface area contributed by atoms with Crippen LogP contribution in [0.2, 0.25) is 0 Å². The lowest BCUT2D eigenvalue weighted by Gasteiger charge is -2.12. The number of aryl methyl sites for hydroxylation is 1. The fourth-order valence-electron chi connectivity index (χ4n) is 2.68. The molecular formula is C20H17N3S. The number of nitrogens with two attached hydrogens (primary N) is 1. The second-order valence-electron chi connectivity index (χ2n) is 5.47. The molecule has 0 radical (unpaired) electrons. The predicted molar refractivity (Wildman–Crippen MR) is 101 cm³/mol. The van der Waals surface area contributed by atoms with Crippen LogP contribution in [0.3, 0.4) is 0 Å². The molecule has 0 aliphatic rings. The minimum absolute atomic E-state index is 0.266. The third-order valence-corrected chi connectivity index (χ3v) is 4.72. The number of hydrogen-bond donors (Lipinski definition) is 1. The van der Waals surface area contributed by atoms with Gasteiger partial charge in [0, 0.05) is 16.0 Å². The van der Waals surface area contributed by atoms with Gasteiger partial charge < -0.3 is 5.73 Å². The maximum atomic E-state index is 9.50. The average molecular weight is 331 g/mol. The first-order chi connectivity index (χ1) is 11.6. The molecule has 3 rings (SSSR count). The summed E-state index contributed by atoms with van der Waals surface area (Å²) in [6.45, 7) is 2.04. The standard InChI is InChI=1S/C20H17N3S/c1-13-5-3-4-6-16(13)19-11-17(18(12-21)20(22)23-19)14-7-9-15(24-2)10-8-14/h3-11H,1-2H3,(H2,22,23). The van der Waals surface area contributed by atoms with E-state index in [1.807, 2.05) is 67.8 Å². The van der Waals surface area contributed by atoms with E-state index in [1.165, 1.54) is 4.90 Å². The van der Waals surface area contributed by atoms with Crippen LogP contribution >= 0.6 is 11.8 Å². The highest BCUT2D eigenvalue weighted by molar-refractivity contribution is 7.98. The second-order valence-corrected chi connectivity index (χ2v) is 6.35. The van der Waals surface area contributed by atoms with Crippen LogP contribution in [0.25, 0.3) is 22.4 Å². The topological polar surface area (TPSA) is 62.7 Å². The summed E-state index contributed by atoms with van der Waals surface area (Å²) in [4.78, 5) is 5.63. The maximum absolute atomic E-state index is 9.50. The zero-order valence-corrected chi connectivity index (χ0v) is 14.4. The smallest absolute Gasteiger partial charge is 0.142 e. The van der Waals surface area contributed by atoms with E-state index in [1.54, 1.807) is 11.8 Å². The molecule has 0 bridgehead atoms. The molecule has 3 nitrogen and oxygen atoms in total. The number of nitrogen functional groups attached to an aromatic ring is 1. The van der Waals surface area contributed by atoms with Crippen LogP contribution in [-0.4, -0.2) is 11.2 Å². The van der Waals surface area contributed by atoms with Gasteiger partial charge in [0.05, 0.1) is 5.69 Å². The van der Waals surface area contributed by atoms with Gasteiger partial charge in [-0.1, -0.05) is 36.4 Å². The van der Waals surface area contributed by atoms with E-state index < -0.39 is 0 Å². The van der Waals surface area contributed by atoms with Crippen molar-refractivity contribution >= 4 is 17.6 Å². The van der Waals surface area contributed by atoms with E-state index in [0.29, 0.717) is 5.56 Å². The summed E-state index contributed by atoms with van der Waals surface area (Å²) in [5, 5.41) is 9.50. The van der Waals surface area contributed by atoms with Crippen molar-refractivity contribution in [2.24, 2.45) is 0 Å². The van der Waals surface area contributed by atoms with Gasteiger partial charge >= 0.3 is 0 Å². The summed E-state index contributed by atoms with van der Waals surface area (Å²) in [6, 6.07) is 20.3. The van der Waals surface area contributed by atoms with Gasteiger partial charge in [0.1, 0.15) is 17.5 Å². The van der Waals surface area contributed by atoms with Crippen molar-refractivity contribution < 1.29 is 0 Å². The molecule has 0 aliphatic heterocycles. The van der Waals surface area contributed by atoms with Crippen molar-refractivity contribution in [3.05, 3.63) is 65.7 Å². The van der Waals surface area contributed by atoms with Gasteiger partial charge in [-0.2, -0.15) is 5.26 Å². The van der Waals surface area contributed by atoms with E-state index in [0.717, 1.165) is 27.9 Å². The molecule has 1 aromatic heterocycles. The van der Waals surface area contributed by atoms with Crippen molar-refractivity contribution in [1.29, 1.82) is 5.26 Å². The van der Waals surface area contributed by atoms with Gasteiger partial charge in [0.2, 0.25) is 0 Å². The minimum Gasteiger partial charge on any atom is -0.383 e. The first kappa shape index (κ1) is 16.1. The van der Waals surface area contributed by atoms with Crippen LogP contribution in [-0.2, 0) is 0 Å². The highest BCUT2D eigenvalue weighted by atomic mass is 32.2. The summed E-state index contributed by atoms with van der Waals surface area (Å²) in [5.41, 5.74) is 11.2. The summed E-state index contributed by atoms with van der Waals surface area (Å²) in [6.07, 6.45) is 2.04. The van der Waals surface area contributed by atoms with E-state index in [2.05, 4.69) is 11.1 Å². The Kier molecular flexibility index (Phi) is 4.54. The largest absolute Gasteiger partial charge is 0.383 e. The van der Waals surface area contributed by atoms with Crippen LogP contribution in [0.5, 0.6) is 0 Å². The molecule has 2 aromatic carbocycles. The van der Waals surface area contributed by atoms with Crippen molar-refractivity contribution in [2.75, 3.05) is 12.0 Å². The number of rotatable bonds is 3. The zero-order chi connectivity index (χ0) is 17.1. The molecular weight excluding hydrogens is 314 g/mol. The average Bonchev–Trinajstić information content (AvgIpc) is 2.61. The Labute approximate surface area is 146 Å². The molecule has 0 atom stereocenters. The van der Waals surface area contributed by atoms with Crippen LogP contribution in [0, 0.1) is 18.3 Å². The third kappa shape index (κ3) is 2.99. The molecule has 0 fully saturated rings. The van der Waals surface area contributed by atoms with Crippen molar-refractivity contribution in [1.82, 2.24) is 4.98 Å². The molecule has 0 amide bonds. The number of nitrogens with zero attached hydrogens (tertiary/aromatic N) is 2. The first-order valence-corrected chi connectivity index (χ1v) is 8.77. The molecule has 4 heteroatoms. The monoisotopic (exact) mass is 331 g/mol. The summed E-state index contributed by atoms with van der Waals surface area (Å²) in [5.74, 6) is 0.266. The third-order valence-electron chi connectivity index (χ3n) is 3.98. The van der Waals surface area contributed by atoms with Crippen LogP contribution in [0.4, 0.5) is 5.82 Å². The molecule has 1 heterocycles. The molecule has 0 saturated heterocycles. The summed E-state index contributed by atoms with van der Waals surface area (Å²) in [7, 11) is 0. The number of thioether (sulfide) groups is 1. The van der Waals surface area contributed by atoms with Gasteiger partial charge in [-0.25, -0.2) is 4.98 Å². The SMILES string of the molecule is CSc1ccc(-c2cc(-c3ccccc3C)nc(N)c2C#N)cc1. The summed E-state index contributed by atoms with van der Waals surface area (Å²) < 4.78 is 0. The number of aromatic nitrogens is 1. The van der Waals surface area contributed by atoms with E-state index in [9.17, 15) is 5.26 Å². The zero-order valence-electron chi connectivity index (χ0n) is 13.6. The molecule has 3 aromatic rings. The Morgan fingerprint density at radius 2 is 1.75 bits per heavy atom. The summed E-state index contributed by atoms with van der Waals surface area (Å²) >= 11 is 1.69. The maximum Gasteiger partial charge on any atom is 0.142 e. The molecule has 2 N–H and O–H groups in total. The number of anilines is 1. The predicted octanol–water partition coefficient (Wildman–Crippen LogP) is 4.90. The lowest BCUT2D eigenvalue weighted by atomic mass is 9.97. The normalized spacial score (nSPS) is 10.4. The van der Waals surface area contributed by atoms with Crippen LogP contribution in [0.1, 0.15) is 11.1 Å². The molecule has 0 spiro atoms. The number of hydrogen-bond acceptors (Lipinski definition) is 4. The van der Waals surface area contributed by atoms with Crippen molar-refractivity contribution in [3.63, 3.8) is 0 Å². The van der Waals surface area contributed by atoms with Gasteiger partial charge in [0.15, 0.2) is 0 Å². The van der Waals surface area contributed by atoms with Gasteiger partial charge in [0.25, 0.3) is 0 Å². The van der Waals surface area contributed by atoms with Crippen molar-refractivity contribution in [2.45, 2.75) is 11.8 Å². The van der Waals surface area contributed by atoms with Gasteiger partial charge in [-0.05, 0) is 42.5 Å². The Bertz CT molecular complexity index is 925. The van der Waals surface area contributed by atoms with Crippen LogP contribution < -0.4 is 5.73 Å². The number of pyridine rings is 1. The molecule has 0 saturated carbocycles. The van der Waals surface area contributed by atoms with Crippen molar-refractivity contribution in [3.8, 4) is 28.5 Å². The van der Waals surface area contributed by atoms with E-state index in [4.69, 9.17) is 5.73 Å². The minimum atomic E-state index is 0.266. The Hall–Kier alpha value is -2.77. The fourth-order valence-corrected chi connectivity index (χ4v) is 3.09. The Balaban J connectivity index is 2.21. The molecule has 24 heavy (non-hydrogen) atoms. The van der Waals surface area contributed by atoms with Crippen LogP contribution in [0.15, 0.2) is 59.5 Å². The Morgan fingerprint density at radius 3 is 2.38 bits per heavy atom. The lowest BCUT2D eigenvalue weighted by Crippen LogP contribution is -2.00. The highest BCUT2D eigenvalue weighted by Crippen LogP contribution is 2.33. The molecule has 118 valence electrons. The Morgan fingerprint density at radius 1 is 1.04 bits per heavy atom. The van der Waals surface area contributed by atoms with Gasteiger partial charge in [-0.3, -0.25) is 0 Å². The quantitative estimate of drug-likeness (QED) is 0.693.